The van der Waals surface area contributed by atoms with Crippen LogP contribution in [0.3, 0.4) is 0 Å². The highest BCUT2D eigenvalue weighted by Gasteiger charge is 2.23. The lowest BCUT2D eigenvalue weighted by atomic mass is 10.0. The Kier molecular flexibility index (Phi) is 8.38. The Morgan fingerprint density at radius 1 is 1.19 bits per heavy atom. The zero-order valence-electron chi connectivity index (χ0n) is 17.8. The third-order valence-electron chi connectivity index (χ3n) is 4.08. The van der Waals surface area contributed by atoms with Crippen molar-refractivity contribution in [1.82, 2.24) is 10.4 Å². The van der Waals surface area contributed by atoms with Gasteiger partial charge in [-0.2, -0.15) is 0 Å². The van der Waals surface area contributed by atoms with Gasteiger partial charge in [-0.3, -0.25) is 5.43 Å². The molecule has 0 aliphatic rings. The van der Waals surface area contributed by atoms with Crippen molar-refractivity contribution in [3.8, 4) is 11.1 Å². The molecule has 1 amide bonds. The van der Waals surface area contributed by atoms with Crippen LogP contribution in [0.25, 0.3) is 11.1 Å². The van der Waals surface area contributed by atoms with Gasteiger partial charge in [0, 0.05) is 17.1 Å². The second kappa shape index (κ2) is 10.6. The molecule has 7 nitrogen and oxygen atoms in total. The van der Waals surface area contributed by atoms with E-state index in [0.29, 0.717) is 16.1 Å². The van der Waals surface area contributed by atoms with Gasteiger partial charge >= 0.3 is 12.1 Å². The molecule has 2 N–H and O–H groups in total. The molecule has 2 aromatic carbocycles. The maximum absolute atomic E-state index is 14.1. The number of methoxy groups -OCH3 is 1. The van der Waals surface area contributed by atoms with Crippen molar-refractivity contribution in [3.63, 3.8) is 0 Å². The smallest absolute Gasteiger partial charge is 0.422 e. The number of hydrazine groups is 1. The second-order valence-electron chi connectivity index (χ2n) is 7.85. The Bertz CT molecular complexity index is 915. The summed E-state index contributed by atoms with van der Waals surface area (Å²) in [7, 11) is 1.16. The monoisotopic (exact) mass is 452 g/mol. The predicted molar refractivity (Wildman–Crippen MR) is 115 cm³/mol. The van der Waals surface area contributed by atoms with Gasteiger partial charge in [0.05, 0.1) is 13.7 Å². The van der Waals surface area contributed by atoms with Crippen molar-refractivity contribution in [3.05, 3.63) is 58.9 Å². The van der Waals surface area contributed by atoms with Crippen LogP contribution in [0, 0.1) is 5.82 Å². The molecule has 0 heterocycles. The summed E-state index contributed by atoms with van der Waals surface area (Å²) in [5.41, 5.74) is 3.53. The maximum atomic E-state index is 14.1. The molecule has 1 atom stereocenters. The number of nitrogens with zero attached hydrogens (tertiary/aromatic N) is 1. The van der Waals surface area contributed by atoms with Gasteiger partial charge in [0.15, 0.2) is 6.10 Å². The number of nitrogens with one attached hydrogen (secondary N) is 1. The highest BCUT2D eigenvalue weighted by atomic mass is 35.5. The molecule has 0 saturated heterocycles. The third kappa shape index (κ3) is 7.82. The van der Waals surface area contributed by atoms with E-state index in [0.717, 1.165) is 12.7 Å². The number of carbonyl (C=O) groups excluding carboxylic acids is 2. The summed E-state index contributed by atoms with van der Waals surface area (Å²) in [6.45, 7) is 5.07. The van der Waals surface area contributed by atoms with Gasteiger partial charge in [0.2, 0.25) is 0 Å². The van der Waals surface area contributed by atoms with Crippen LogP contribution in [0.1, 0.15) is 26.3 Å². The fourth-order valence-electron chi connectivity index (χ4n) is 2.73. The molecular formula is C22H26ClFN2O5. The highest BCUT2D eigenvalue weighted by Crippen LogP contribution is 2.26. The average Bonchev–Trinajstić information content (AvgIpc) is 2.68. The van der Waals surface area contributed by atoms with E-state index >= 15 is 0 Å². The Morgan fingerprint density at radius 3 is 2.42 bits per heavy atom. The first-order chi connectivity index (χ1) is 14.5. The molecule has 31 heavy (non-hydrogen) atoms. The first-order valence-electron chi connectivity index (χ1n) is 9.53. The number of rotatable bonds is 7. The molecule has 0 fully saturated rings. The van der Waals surface area contributed by atoms with Crippen LogP contribution < -0.4 is 5.43 Å². The lowest BCUT2D eigenvalue weighted by Crippen LogP contribution is -2.48. The number of halogens is 2. The Balaban J connectivity index is 2.17. The van der Waals surface area contributed by atoms with Crippen molar-refractivity contribution < 1.29 is 28.6 Å². The van der Waals surface area contributed by atoms with Gasteiger partial charge in [-0.25, -0.2) is 19.0 Å². The molecule has 0 aliphatic heterocycles. The van der Waals surface area contributed by atoms with Gasteiger partial charge in [-0.05, 0) is 50.1 Å². The third-order valence-corrected chi connectivity index (χ3v) is 4.32. The highest BCUT2D eigenvalue weighted by molar-refractivity contribution is 6.30. The molecule has 0 aliphatic carbocycles. The summed E-state index contributed by atoms with van der Waals surface area (Å²) in [6.07, 6.45) is -2.21. The summed E-state index contributed by atoms with van der Waals surface area (Å²) in [5, 5.41) is 11.8. The number of aliphatic hydroxyl groups excluding tert-OH is 1. The Labute approximate surface area is 185 Å². The van der Waals surface area contributed by atoms with Gasteiger partial charge in [0.25, 0.3) is 0 Å². The van der Waals surface area contributed by atoms with E-state index in [-0.39, 0.29) is 13.1 Å². The lowest BCUT2D eigenvalue weighted by molar-refractivity contribution is -0.152. The van der Waals surface area contributed by atoms with Crippen LogP contribution in [0.15, 0.2) is 42.5 Å². The minimum Gasteiger partial charge on any atom is -0.467 e. The Morgan fingerprint density at radius 2 is 1.84 bits per heavy atom. The molecule has 168 valence electrons. The van der Waals surface area contributed by atoms with Crippen LogP contribution in [-0.2, 0) is 20.8 Å². The number of carbonyl (C=O) groups is 2. The van der Waals surface area contributed by atoms with Gasteiger partial charge in [0.1, 0.15) is 11.4 Å². The van der Waals surface area contributed by atoms with E-state index < -0.39 is 29.6 Å². The number of aliphatic hydroxyl groups is 1. The zero-order valence-corrected chi connectivity index (χ0v) is 18.6. The van der Waals surface area contributed by atoms with Crippen molar-refractivity contribution >= 4 is 23.7 Å². The summed E-state index contributed by atoms with van der Waals surface area (Å²) in [6, 6.07) is 11.2. The van der Waals surface area contributed by atoms with Crippen LogP contribution in [0.2, 0.25) is 5.02 Å². The van der Waals surface area contributed by atoms with Gasteiger partial charge < -0.3 is 14.6 Å². The molecule has 0 aromatic heterocycles. The molecule has 1 unspecified atom stereocenters. The molecule has 0 spiro atoms. The molecule has 2 rings (SSSR count). The Hall–Kier alpha value is -2.68. The van der Waals surface area contributed by atoms with Gasteiger partial charge in [-0.15, -0.1) is 0 Å². The van der Waals surface area contributed by atoms with Crippen molar-refractivity contribution in [2.75, 3.05) is 13.7 Å². The normalized spacial score (nSPS) is 12.4. The summed E-state index contributed by atoms with van der Waals surface area (Å²) in [5.74, 6) is -1.23. The summed E-state index contributed by atoms with van der Waals surface area (Å²) in [4.78, 5) is 23.7. The van der Waals surface area contributed by atoms with Crippen LogP contribution in [0.5, 0.6) is 0 Å². The van der Waals surface area contributed by atoms with E-state index in [9.17, 15) is 19.1 Å². The SMILES string of the molecule is COC(=O)C(O)CN(Cc1ccc(-c2cc(Cl)ccc2F)cc1)NC(=O)OC(C)(C)C. The fourth-order valence-corrected chi connectivity index (χ4v) is 2.90. The maximum Gasteiger partial charge on any atom is 0.422 e. The number of esters is 1. The second-order valence-corrected chi connectivity index (χ2v) is 8.29. The van der Waals surface area contributed by atoms with Crippen molar-refractivity contribution in [2.24, 2.45) is 0 Å². The van der Waals surface area contributed by atoms with Crippen LogP contribution >= 0.6 is 11.6 Å². The zero-order chi connectivity index (χ0) is 23.2. The molecule has 9 heteroatoms. The summed E-state index contributed by atoms with van der Waals surface area (Å²) >= 11 is 5.96. The molecular weight excluding hydrogens is 427 g/mol. The number of ether oxygens (including phenoxy) is 2. The van der Waals surface area contributed by atoms with E-state index in [1.807, 2.05) is 0 Å². The topological polar surface area (TPSA) is 88.1 Å². The minimum atomic E-state index is -1.47. The number of amides is 1. The molecule has 0 radical (unpaired) electrons. The summed E-state index contributed by atoms with van der Waals surface area (Å²) < 4.78 is 23.9. The fraction of sp³-hybridized carbons (Fsp3) is 0.364. The van der Waals surface area contributed by atoms with Crippen LogP contribution in [-0.4, -0.2) is 47.5 Å². The largest absolute Gasteiger partial charge is 0.467 e. The van der Waals surface area contributed by atoms with Crippen LogP contribution in [0.4, 0.5) is 9.18 Å². The first kappa shape index (κ1) is 24.6. The number of hydrogen-bond donors (Lipinski definition) is 2. The number of benzene rings is 2. The standard InChI is InChI=1S/C22H26ClFN2O5/c1-22(2,3)31-21(29)25-26(13-19(27)20(28)30-4)12-14-5-7-15(8-6-14)17-11-16(23)9-10-18(17)24/h5-11,19,27H,12-13H2,1-4H3,(H,25,29). The number of hydrogen-bond acceptors (Lipinski definition) is 6. The van der Waals surface area contributed by atoms with Crippen molar-refractivity contribution in [1.29, 1.82) is 0 Å². The minimum absolute atomic E-state index is 0.144. The first-order valence-corrected chi connectivity index (χ1v) is 9.91. The van der Waals surface area contributed by atoms with E-state index in [1.165, 1.54) is 23.2 Å². The molecule has 2 aromatic rings. The average molecular weight is 453 g/mol. The van der Waals surface area contributed by atoms with E-state index in [4.69, 9.17) is 16.3 Å². The lowest BCUT2D eigenvalue weighted by Gasteiger charge is -2.27. The van der Waals surface area contributed by atoms with E-state index in [2.05, 4.69) is 10.2 Å². The van der Waals surface area contributed by atoms with E-state index in [1.54, 1.807) is 45.0 Å². The predicted octanol–water partition coefficient (Wildman–Crippen LogP) is 3.92. The van der Waals surface area contributed by atoms with Gasteiger partial charge in [-0.1, -0.05) is 35.9 Å². The quantitative estimate of drug-likeness (QED) is 0.489. The van der Waals surface area contributed by atoms with Crippen molar-refractivity contribution in [2.45, 2.75) is 39.0 Å². The molecule has 0 bridgehead atoms. The molecule has 0 saturated carbocycles.